The monoisotopic (exact) mass is 741 g/mol. The van der Waals surface area contributed by atoms with Gasteiger partial charge in [-0.05, 0) is 70.6 Å². The van der Waals surface area contributed by atoms with Gasteiger partial charge in [-0.25, -0.2) is 4.79 Å². The average molecular weight is 741 g/mol. The Morgan fingerprint density at radius 3 is 1.62 bits per heavy atom. The molecule has 0 aliphatic rings. The van der Waals surface area contributed by atoms with Gasteiger partial charge in [-0.1, -0.05) is 125 Å². The highest BCUT2D eigenvalue weighted by atomic mass is 16.6. The highest BCUT2D eigenvalue weighted by Gasteiger charge is 2.31. The van der Waals surface area contributed by atoms with Gasteiger partial charge < -0.3 is 23.8 Å². The molecule has 1 N–H and O–H groups in total. The van der Waals surface area contributed by atoms with Crippen molar-refractivity contribution in [2.45, 2.75) is 142 Å². The van der Waals surface area contributed by atoms with E-state index in [1.54, 1.807) is 0 Å². The molecule has 0 spiro atoms. The van der Waals surface area contributed by atoms with Crippen LogP contribution in [0.4, 0.5) is 0 Å². The number of aliphatic carboxylic acids is 1. The van der Waals surface area contributed by atoms with E-state index in [-0.39, 0.29) is 36.7 Å². The smallest absolute Gasteiger partial charge is 0.362 e. The number of rotatable bonds is 34. The Balaban J connectivity index is 4.55. The van der Waals surface area contributed by atoms with Gasteiger partial charge in [0.25, 0.3) is 0 Å². The maximum atomic E-state index is 12.6. The van der Waals surface area contributed by atoms with E-state index in [9.17, 15) is 19.5 Å². The van der Waals surface area contributed by atoms with E-state index in [1.807, 2.05) is 33.3 Å². The largest absolute Gasteiger partial charge is 0.477 e. The standard InChI is InChI=1S/C45H73NO7/c1-6-8-10-12-14-16-18-19-20-21-22-23-24-25-26-28-30-32-34-36-44(48)53-41(39-51-38-37-42(45(49)50)46(3,4)5)40-52-43(47)35-33-31-29-27-17-15-13-11-9-7-2/h8,10,13-16,19-20,22-23,25-26,30,32,41-42H,6-7,9,11-12,17-18,21,24,27-29,31,33-40H2,1-5H3/p+1/b10-8+,15-13+,16-14+,20-19+,23-22+,26-25+,32-30+. The average Bonchev–Trinajstić information content (AvgIpc) is 3.11. The number of allylic oxidation sites excluding steroid dienone is 14. The molecule has 0 bridgehead atoms. The van der Waals surface area contributed by atoms with Gasteiger partial charge in [0.05, 0.1) is 34.4 Å². The minimum absolute atomic E-state index is 0.0220. The highest BCUT2D eigenvalue weighted by Crippen LogP contribution is 2.11. The second-order valence-corrected chi connectivity index (χ2v) is 14.1. The minimum atomic E-state index is -0.893. The Morgan fingerprint density at radius 1 is 0.585 bits per heavy atom. The molecule has 0 aromatic rings. The van der Waals surface area contributed by atoms with Crippen molar-refractivity contribution in [3.8, 4) is 0 Å². The van der Waals surface area contributed by atoms with Crippen LogP contribution in [0.2, 0.25) is 0 Å². The van der Waals surface area contributed by atoms with E-state index in [0.717, 1.165) is 77.0 Å². The van der Waals surface area contributed by atoms with E-state index in [2.05, 4.69) is 86.8 Å². The fourth-order valence-corrected chi connectivity index (χ4v) is 5.15. The third-order valence-corrected chi connectivity index (χ3v) is 8.29. The molecular weight excluding hydrogens is 666 g/mol. The number of nitrogens with zero attached hydrogens (tertiary/aromatic N) is 1. The predicted molar refractivity (Wildman–Crippen MR) is 220 cm³/mol. The van der Waals surface area contributed by atoms with Crippen LogP contribution in [0.3, 0.4) is 0 Å². The van der Waals surface area contributed by atoms with Gasteiger partial charge in [-0.3, -0.25) is 9.59 Å². The van der Waals surface area contributed by atoms with E-state index < -0.39 is 24.1 Å². The molecule has 0 aromatic carbocycles. The summed E-state index contributed by atoms with van der Waals surface area (Å²) in [6.45, 7) is 4.45. The first-order chi connectivity index (χ1) is 25.6. The van der Waals surface area contributed by atoms with Crippen LogP contribution in [0.15, 0.2) is 85.1 Å². The normalized spacial score (nSPS) is 13.9. The van der Waals surface area contributed by atoms with Crippen molar-refractivity contribution in [3.63, 3.8) is 0 Å². The summed E-state index contributed by atoms with van der Waals surface area (Å²) in [5.74, 6) is -1.61. The van der Waals surface area contributed by atoms with Gasteiger partial charge in [0, 0.05) is 19.3 Å². The number of carboxylic acids is 1. The molecule has 300 valence electrons. The van der Waals surface area contributed by atoms with Crippen LogP contribution in [0, 0.1) is 0 Å². The SMILES string of the molecule is CC/C=C/C/C=C/C/C=C/C/C=C/C/C=C/C/C=C/CCC(=O)OC(COCCC(C(=O)O)[N+](C)(C)C)COC(=O)CCCCCC/C=C/CCCC. The number of hydrogen-bond acceptors (Lipinski definition) is 6. The van der Waals surface area contributed by atoms with Crippen molar-refractivity contribution < 1.29 is 38.2 Å². The Morgan fingerprint density at radius 2 is 1.09 bits per heavy atom. The summed E-state index contributed by atoms with van der Waals surface area (Å²) in [4.78, 5) is 36.8. The minimum Gasteiger partial charge on any atom is -0.477 e. The molecule has 0 saturated carbocycles. The maximum Gasteiger partial charge on any atom is 0.362 e. The Labute approximate surface area is 323 Å². The van der Waals surface area contributed by atoms with Crippen LogP contribution < -0.4 is 0 Å². The summed E-state index contributed by atoms with van der Waals surface area (Å²) in [5, 5.41) is 9.59. The summed E-state index contributed by atoms with van der Waals surface area (Å²) >= 11 is 0. The number of ether oxygens (including phenoxy) is 3. The van der Waals surface area contributed by atoms with Crippen molar-refractivity contribution in [1.82, 2.24) is 0 Å². The van der Waals surface area contributed by atoms with Gasteiger partial charge in [0.15, 0.2) is 12.1 Å². The Kier molecular flexibility index (Phi) is 33.2. The lowest BCUT2D eigenvalue weighted by Gasteiger charge is -2.31. The third-order valence-electron chi connectivity index (χ3n) is 8.29. The summed E-state index contributed by atoms with van der Waals surface area (Å²) in [5.41, 5.74) is 0. The molecule has 53 heavy (non-hydrogen) atoms. The number of carboxylic acid groups (broad SMARTS) is 1. The van der Waals surface area contributed by atoms with Crippen LogP contribution in [0.5, 0.6) is 0 Å². The highest BCUT2D eigenvalue weighted by molar-refractivity contribution is 5.72. The second kappa shape index (κ2) is 35.5. The maximum absolute atomic E-state index is 12.6. The lowest BCUT2D eigenvalue weighted by atomic mass is 10.1. The lowest BCUT2D eigenvalue weighted by Crippen LogP contribution is -2.50. The van der Waals surface area contributed by atoms with E-state index in [4.69, 9.17) is 14.2 Å². The van der Waals surface area contributed by atoms with Crippen molar-refractivity contribution in [1.29, 1.82) is 0 Å². The summed E-state index contributed by atoms with van der Waals surface area (Å²) < 4.78 is 17.1. The molecule has 0 amide bonds. The molecule has 0 aliphatic heterocycles. The van der Waals surface area contributed by atoms with Gasteiger partial charge in [-0.2, -0.15) is 0 Å². The number of unbranched alkanes of at least 4 members (excludes halogenated alkanes) is 6. The molecule has 0 saturated heterocycles. The van der Waals surface area contributed by atoms with Gasteiger partial charge >= 0.3 is 17.9 Å². The first-order valence-corrected chi connectivity index (χ1v) is 20.1. The van der Waals surface area contributed by atoms with Crippen LogP contribution in [0.1, 0.15) is 129 Å². The number of quaternary nitrogens is 1. The third kappa shape index (κ3) is 34.1. The molecule has 0 rings (SSSR count). The Hall–Kier alpha value is -3.49. The van der Waals surface area contributed by atoms with Crippen molar-refractivity contribution in [3.05, 3.63) is 85.1 Å². The van der Waals surface area contributed by atoms with Crippen LogP contribution in [-0.2, 0) is 28.6 Å². The zero-order chi connectivity index (χ0) is 39.3. The second-order valence-electron chi connectivity index (χ2n) is 14.1. The van der Waals surface area contributed by atoms with Gasteiger partial charge in [-0.15, -0.1) is 0 Å². The number of likely N-dealkylation sites (N-methyl/N-ethyl adjacent to an activating group) is 1. The molecule has 0 aliphatic carbocycles. The van der Waals surface area contributed by atoms with Crippen LogP contribution in [-0.4, -0.2) is 80.6 Å². The van der Waals surface area contributed by atoms with Gasteiger partial charge in [0.1, 0.15) is 6.61 Å². The molecule has 0 fully saturated rings. The van der Waals surface area contributed by atoms with E-state index in [0.29, 0.717) is 19.3 Å². The number of esters is 2. The van der Waals surface area contributed by atoms with Crippen molar-refractivity contribution in [2.24, 2.45) is 0 Å². The fourth-order valence-electron chi connectivity index (χ4n) is 5.15. The van der Waals surface area contributed by atoms with Crippen molar-refractivity contribution in [2.75, 3.05) is 41.0 Å². The molecule has 0 heterocycles. The summed E-state index contributed by atoms with van der Waals surface area (Å²) in [7, 11) is 5.48. The molecule has 0 radical (unpaired) electrons. The number of carbonyl (C=O) groups excluding carboxylic acids is 2. The quantitative estimate of drug-likeness (QED) is 0.0303. The molecule has 2 atom stereocenters. The molecule has 2 unspecified atom stereocenters. The first kappa shape index (κ1) is 49.5. The van der Waals surface area contributed by atoms with E-state index in [1.165, 1.54) is 12.8 Å². The lowest BCUT2D eigenvalue weighted by molar-refractivity contribution is -0.887. The predicted octanol–water partition coefficient (Wildman–Crippen LogP) is 10.6. The van der Waals surface area contributed by atoms with Crippen LogP contribution in [0.25, 0.3) is 0 Å². The number of hydrogen-bond donors (Lipinski definition) is 1. The van der Waals surface area contributed by atoms with Crippen LogP contribution >= 0.6 is 0 Å². The number of carbonyl (C=O) groups is 3. The first-order valence-electron chi connectivity index (χ1n) is 20.1. The Bertz CT molecular complexity index is 1140. The zero-order valence-electron chi connectivity index (χ0n) is 33.9. The fraction of sp³-hybridized carbons (Fsp3) is 0.622. The molecule has 8 heteroatoms. The zero-order valence-corrected chi connectivity index (χ0v) is 33.9. The topological polar surface area (TPSA) is 99.1 Å². The summed E-state index contributed by atoms with van der Waals surface area (Å²) in [6, 6.07) is -0.632. The van der Waals surface area contributed by atoms with E-state index >= 15 is 0 Å². The van der Waals surface area contributed by atoms with Gasteiger partial charge in [0.2, 0.25) is 0 Å². The molecule has 8 nitrogen and oxygen atoms in total. The molecule has 0 aromatic heterocycles. The van der Waals surface area contributed by atoms with Crippen molar-refractivity contribution >= 4 is 17.9 Å². The molecular formula is C45H74NO7+. The summed E-state index contributed by atoms with van der Waals surface area (Å²) in [6.07, 6.45) is 45.0.